The number of carbonyl (C=O) groups excluding carboxylic acids is 2. The standard InChI is InChI=1S/C13H20N4O2S/c1-13(2)12(19)16-9(8-20-13)11(18)15-5-4-10-14-6-7-17(10)3/h6-7,9H,4-5,8H2,1-3H3,(H,15,18)(H,16,19). The predicted octanol–water partition coefficient (Wildman–Crippen LogP) is 0.0890. The molecule has 1 aliphatic heterocycles. The summed E-state index contributed by atoms with van der Waals surface area (Å²) in [4.78, 5) is 28.0. The molecule has 1 aromatic rings. The Bertz CT molecular complexity index is 512. The van der Waals surface area contributed by atoms with E-state index in [0.717, 1.165) is 5.82 Å². The van der Waals surface area contributed by atoms with Crippen molar-refractivity contribution in [1.82, 2.24) is 20.2 Å². The second-order valence-corrected chi connectivity index (χ2v) is 6.99. The van der Waals surface area contributed by atoms with E-state index >= 15 is 0 Å². The third-order valence-corrected chi connectivity index (χ3v) is 4.76. The first-order valence-electron chi connectivity index (χ1n) is 6.59. The monoisotopic (exact) mass is 296 g/mol. The second-order valence-electron chi connectivity index (χ2n) is 5.34. The molecule has 2 amide bonds. The Morgan fingerprint density at radius 3 is 3.00 bits per heavy atom. The Morgan fingerprint density at radius 2 is 2.40 bits per heavy atom. The zero-order chi connectivity index (χ0) is 14.8. The SMILES string of the molecule is Cn1ccnc1CCNC(=O)C1CSC(C)(C)C(=O)N1. The summed E-state index contributed by atoms with van der Waals surface area (Å²) in [5, 5.41) is 5.61. The second kappa shape index (κ2) is 5.87. The van der Waals surface area contributed by atoms with Gasteiger partial charge in [0.2, 0.25) is 11.8 Å². The molecule has 1 unspecified atom stereocenters. The zero-order valence-electron chi connectivity index (χ0n) is 12.0. The molecule has 1 aliphatic rings. The van der Waals surface area contributed by atoms with Gasteiger partial charge in [-0.2, -0.15) is 0 Å². The summed E-state index contributed by atoms with van der Waals surface area (Å²) in [5.41, 5.74) is 0. The lowest BCUT2D eigenvalue weighted by atomic mass is 10.1. The molecule has 0 spiro atoms. The number of hydrogen-bond acceptors (Lipinski definition) is 4. The molecule has 0 bridgehead atoms. The topological polar surface area (TPSA) is 76.0 Å². The van der Waals surface area contributed by atoms with Crippen molar-refractivity contribution in [3.63, 3.8) is 0 Å². The lowest BCUT2D eigenvalue weighted by molar-refractivity contribution is -0.129. The van der Waals surface area contributed by atoms with E-state index < -0.39 is 10.8 Å². The van der Waals surface area contributed by atoms with Crippen molar-refractivity contribution in [2.75, 3.05) is 12.3 Å². The van der Waals surface area contributed by atoms with E-state index in [4.69, 9.17) is 0 Å². The summed E-state index contributed by atoms with van der Waals surface area (Å²) in [6.07, 6.45) is 4.28. The van der Waals surface area contributed by atoms with Crippen LogP contribution in [0.1, 0.15) is 19.7 Å². The average molecular weight is 296 g/mol. The first-order valence-corrected chi connectivity index (χ1v) is 7.57. The van der Waals surface area contributed by atoms with Crippen molar-refractivity contribution in [3.8, 4) is 0 Å². The van der Waals surface area contributed by atoms with E-state index in [1.807, 2.05) is 31.7 Å². The molecule has 2 rings (SSSR count). The van der Waals surface area contributed by atoms with Gasteiger partial charge in [0.15, 0.2) is 0 Å². The molecule has 1 fully saturated rings. The third-order valence-electron chi connectivity index (χ3n) is 3.35. The van der Waals surface area contributed by atoms with Crippen LogP contribution in [-0.4, -0.2) is 44.5 Å². The van der Waals surface area contributed by atoms with E-state index in [1.54, 1.807) is 6.20 Å². The van der Waals surface area contributed by atoms with Crippen LogP contribution in [-0.2, 0) is 23.1 Å². The van der Waals surface area contributed by atoms with Crippen molar-refractivity contribution >= 4 is 23.6 Å². The molecule has 0 saturated carbocycles. The average Bonchev–Trinajstić information content (AvgIpc) is 2.78. The molecule has 1 atom stereocenters. The van der Waals surface area contributed by atoms with E-state index in [-0.39, 0.29) is 11.8 Å². The van der Waals surface area contributed by atoms with Gasteiger partial charge < -0.3 is 15.2 Å². The molecular formula is C13H20N4O2S. The number of amides is 2. The highest BCUT2D eigenvalue weighted by atomic mass is 32.2. The Hall–Kier alpha value is -1.50. The number of aromatic nitrogens is 2. The first-order chi connectivity index (χ1) is 9.40. The molecule has 1 aromatic heterocycles. The van der Waals surface area contributed by atoms with Crippen LogP contribution in [0.5, 0.6) is 0 Å². The van der Waals surface area contributed by atoms with Crippen LogP contribution in [0.3, 0.4) is 0 Å². The van der Waals surface area contributed by atoms with Crippen molar-refractivity contribution in [2.24, 2.45) is 7.05 Å². The van der Waals surface area contributed by atoms with Gasteiger partial charge in [0, 0.05) is 38.2 Å². The van der Waals surface area contributed by atoms with Crippen molar-refractivity contribution < 1.29 is 9.59 Å². The van der Waals surface area contributed by atoms with E-state index in [1.165, 1.54) is 11.8 Å². The highest BCUT2D eigenvalue weighted by molar-refractivity contribution is 8.01. The van der Waals surface area contributed by atoms with E-state index in [2.05, 4.69) is 15.6 Å². The minimum atomic E-state index is -0.455. The van der Waals surface area contributed by atoms with Crippen LogP contribution in [0.15, 0.2) is 12.4 Å². The molecule has 0 radical (unpaired) electrons. The van der Waals surface area contributed by atoms with Crippen molar-refractivity contribution in [2.45, 2.75) is 31.1 Å². The van der Waals surface area contributed by atoms with Crippen LogP contribution in [0.25, 0.3) is 0 Å². The van der Waals surface area contributed by atoms with E-state index in [9.17, 15) is 9.59 Å². The minimum absolute atomic E-state index is 0.0852. The smallest absolute Gasteiger partial charge is 0.243 e. The summed E-state index contributed by atoms with van der Waals surface area (Å²) < 4.78 is 1.47. The Balaban J connectivity index is 1.78. The maximum atomic E-state index is 12.0. The number of nitrogens with one attached hydrogen (secondary N) is 2. The van der Waals surface area contributed by atoms with Crippen LogP contribution >= 0.6 is 11.8 Å². The summed E-state index contributed by atoms with van der Waals surface area (Å²) >= 11 is 1.51. The van der Waals surface area contributed by atoms with Gasteiger partial charge in [0.25, 0.3) is 0 Å². The number of carbonyl (C=O) groups is 2. The van der Waals surface area contributed by atoms with Crippen LogP contribution in [0.4, 0.5) is 0 Å². The highest BCUT2D eigenvalue weighted by Gasteiger charge is 2.37. The summed E-state index contributed by atoms with van der Waals surface area (Å²) in [6.45, 7) is 4.24. The molecule has 0 aliphatic carbocycles. The first kappa shape index (κ1) is 14.9. The number of thioether (sulfide) groups is 1. The normalized spacial score (nSPS) is 21.4. The molecule has 7 heteroatoms. The number of aryl methyl sites for hydroxylation is 1. The number of hydrogen-bond donors (Lipinski definition) is 2. The van der Waals surface area contributed by atoms with Crippen molar-refractivity contribution in [3.05, 3.63) is 18.2 Å². The molecule has 6 nitrogen and oxygen atoms in total. The fraction of sp³-hybridized carbons (Fsp3) is 0.615. The predicted molar refractivity (Wildman–Crippen MR) is 78.4 cm³/mol. The van der Waals surface area contributed by atoms with Crippen LogP contribution in [0.2, 0.25) is 0 Å². The fourth-order valence-corrected chi connectivity index (χ4v) is 2.94. The quantitative estimate of drug-likeness (QED) is 0.825. The lowest BCUT2D eigenvalue weighted by Crippen LogP contribution is -2.57. The van der Waals surface area contributed by atoms with Gasteiger partial charge >= 0.3 is 0 Å². The van der Waals surface area contributed by atoms with Gasteiger partial charge in [-0.1, -0.05) is 0 Å². The van der Waals surface area contributed by atoms with Crippen molar-refractivity contribution in [1.29, 1.82) is 0 Å². The number of rotatable bonds is 4. The number of nitrogens with zero attached hydrogens (tertiary/aromatic N) is 2. The third kappa shape index (κ3) is 3.33. The van der Waals surface area contributed by atoms with Gasteiger partial charge in [-0.15, -0.1) is 11.8 Å². The Labute approximate surface area is 122 Å². The van der Waals surface area contributed by atoms with Gasteiger partial charge in [0.05, 0.1) is 4.75 Å². The summed E-state index contributed by atoms with van der Waals surface area (Å²) in [7, 11) is 1.92. The molecule has 1 saturated heterocycles. The van der Waals surface area contributed by atoms with Crippen LogP contribution < -0.4 is 10.6 Å². The maximum Gasteiger partial charge on any atom is 0.243 e. The highest BCUT2D eigenvalue weighted by Crippen LogP contribution is 2.28. The van der Waals surface area contributed by atoms with Crippen LogP contribution in [0, 0.1) is 0 Å². The van der Waals surface area contributed by atoms with Gasteiger partial charge in [-0.3, -0.25) is 9.59 Å². The van der Waals surface area contributed by atoms with E-state index in [0.29, 0.717) is 18.7 Å². The molecule has 2 N–H and O–H groups in total. The zero-order valence-corrected chi connectivity index (χ0v) is 12.8. The lowest BCUT2D eigenvalue weighted by Gasteiger charge is -2.32. The number of imidazole rings is 1. The largest absolute Gasteiger partial charge is 0.354 e. The Kier molecular flexibility index (Phi) is 4.37. The minimum Gasteiger partial charge on any atom is -0.354 e. The molecular weight excluding hydrogens is 276 g/mol. The molecule has 20 heavy (non-hydrogen) atoms. The van der Waals surface area contributed by atoms with Gasteiger partial charge in [-0.05, 0) is 13.8 Å². The maximum absolute atomic E-state index is 12.0. The molecule has 0 aromatic carbocycles. The molecule has 110 valence electrons. The Morgan fingerprint density at radius 1 is 1.65 bits per heavy atom. The summed E-state index contributed by atoms with van der Waals surface area (Å²) in [6, 6.07) is -0.443. The molecule has 2 heterocycles. The fourth-order valence-electron chi connectivity index (χ4n) is 1.93. The van der Waals surface area contributed by atoms with Gasteiger partial charge in [0.1, 0.15) is 11.9 Å². The summed E-state index contributed by atoms with van der Waals surface area (Å²) in [5.74, 6) is 1.31. The van der Waals surface area contributed by atoms with Gasteiger partial charge in [-0.25, -0.2) is 4.98 Å².